The predicted molar refractivity (Wildman–Crippen MR) is 113 cm³/mol. The van der Waals surface area contributed by atoms with Crippen LogP contribution in [0.2, 0.25) is 0 Å². The molecule has 1 aromatic rings. The van der Waals surface area contributed by atoms with Gasteiger partial charge in [-0.2, -0.15) is 0 Å². The number of hydrogen-bond donors (Lipinski definition) is 4. The predicted octanol–water partition coefficient (Wildman–Crippen LogP) is 2.19. The number of hydrogen-bond acceptors (Lipinski definition) is 7. The van der Waals surface area contributed by atoms with Crippen LogP contribution in [0.5, 0.6) is 11.5 Å². The lowest BCUT2D eigenvalue weighted by Crippen LogP contribution is -2.61. The van der Waals surface area contributed by atoms with Crippen LogP contribution in [0.4, 0.5) is 0 Å². The molecule has 6 atom stereocenters. The molecule has 1 aromatic carbocycles. The Kier molecular flexibility index (Phi) is 4.34. The molecule has 5 rings (SSSR count). The zero-order chi connectivity index (χ0) is 23.2. The first-order chi connectivity index (χ1) is 15.0. The monoisotopic (exact) mass is 440 g/mol. The van der Waals surface area contributed by atoms with Crippen molar-refractivity contribution in [1.29, 1.82) is 0 Å². The molecule has 0 heterocycles. The maximum Gasteiger partial charge on any atom is 0.190 e. The number of carbonyl (C=O) groups excluding carboxylic acids is 3. The van der Waals surface area contributed by atoms with Crippen LogP contribution in [0, 0.1) is 23.2 Å². The minimum absolute atomic E-state index is 0.0210. The summed E-state index contributed by atoms with van der Waals surface area (Å²) < 4.78 is 0. The van der Waals surface area contributed by atoms with Crippen molar-refractivity contribution in [3.05, 3.63) is 34.9 Å². The highest BCUT2D eigenvalue weighted by Crippen LogP contribution is 2.67. The molecule has 3 fully saturated rings. The molecule has 4 N–H and O–H groups in total. The molecule has 4 aliphatic carbocycles. The second kappa shape index (κ2) is 6.51. The number of aromatic hydroxyl groups is 2. The van der Waals surface area contributed by atoms with Gasteiger partial charge in [-0.15, -0.1) is 0 Å². The highest BCUT2D eigenvalue weighted by atomic mass is 16.3. The quantitative estimate of drug-likeness (QED) is 0.518. The lowest BCUT2D eigenvalue weighted by Gasteiger charge is -2.57. The van der Waals surface area contributed by atoms with Gasteiger partial charge in [0.15, 0.2) is 11.6 Å². The van der Waals surface area contributed by atoms with Crippen molar-refractivity contribution >= 4 is 17.3 Å². The normalized spacial score (nSPS) is 40.1. The smallest absolute Gasteiger partial charge is 0.190 e. The molecule has 0 saturated heterocycles. The molecule has 4 aliphatic rings. The number of benzene rings is 1. The van der Waals surface area contributed by atoms with Gasteiger partial charge >= 0.3 is 0 Å². The van der Waals surface area contributed by atoms with Gasteiger partial charge in [-0.3, -0.25) is 14.4 Å². The van der Waals surface area contributed by atoms with E-state index in [4.69, 9.17) is 0 Å². The van der Waals surface area contributed by atoms with Gasteiger partial charge in [-0.05, 0) is 55.7 Å². The van der Waals surface area contributed by atoms with Crippen LogP contribution in [-0.4, -0.2) is 50.0 Å². The fourth-order valence-electron chi connectivity index (χ4n) is 7.79. The van der Waals surface area contributed by atoms with Gasteiger partial charge in [0.05, 0.1) is 5.56 Å². The highest BCUT2D eigenvalue weighted by molar-refractivity contribution is 6.11. The number of carbonyl (C=O) groups is 3. The molecule has 0 unspecified atom stereocenters. The molecular weight excluding hydrogens is 412 g/mol. The Bertz CT molecular complexity index is 1100. The van der Waals surface area contributed by atoms with Crippen molar-refractivity contribution in [2.24, 2.45) is 23.2 Å². The van der Waals surface area contributed by atoms with Crippen LogP contribution in [0.3, 0.4) is 0 Å². The third-order valence-electron chi connectivity index (χ3n) is 9.29. The molecule has 7 heteroatoms. The van der Waals surface area contributed by atoms with E-state index in [9.17, 15) is 34.8 Å². The SMILES string of the molecule is C[C@]12CC(=O)[C@H]3[C@@H](CCC4=CC(=O)c5c(O)ccc(O)c5[C@@]43C)[C@@H]1CC[C@]2(O)C(=O)CO. The topological polar surface area (TPSA) is 132 Å². The van der Waals surface area contributed by atoms with Gasteiger partial charge in [0.1, 0.15) is 29.5 Å². The van der Waals surface area contributed by atoms with Crippen molar-refractivity contribution in [1.82, 2.24) is 0 Å². The molecule has 0 aliphatic heterocycles. The molecule has 0 spiro atoms. The average molecular weight is 440 g/mol. The van der Waals surface area contributed by atoms with Crippen molar-refractivity contribution in [3.63, 3.8) is 0 Å². The number of phenolic OH excluding ortho intramolecular Hbond substituents is 2. The summed E-state index contributed by atoms with van der Waals surface area (Å²) in [5, 5.41) is 42.0. The highest BCUT2D eigenvalue weighted by Gasteiger charge is 2.69. The molecule has 170 valence electrons. The van der Waals surface area contributed by atoms with Crippen molar-refractivity contribution in [2.75, 3.05) is 6.61 Å². The standard InChI is InChI=1S/C25H28O7/c1-23-10-18(30)21-13(14(23)7-8-25(23,32)19(31)11-26)4-3-12-9-17(29)20-15(27)5-6-16(28)22(20)24(12,21)2/h5-6,9,13-14,21,26-28,32H,3-4,7-8,10-11H2,1-2H3/t13-,14-,21+,23-,24-,25-/m0/s1. The molecule has 3 saturated carbocycles. The molecule has 7 nitrogen and oxygen atoms in total. The minimum Gasteiger partial charge on any atom is -0.508 e. The molecular formula is C25H28O7. The fraction of sp³-hybridized carbons (Fsp3) is 0.560. The largest absolute Gasteiger partial charge is 0.508 e. The first kappa shape index (κ1) is 21.3. The fourth-order valence-corrected chi connectivity index (χ4v) is 7.79. The average Bonchev–Trinajstić information content (AvgIpc) is 3.01. The van der Waals surface area contributed by atoms with E-state index >= 15 is 0 Å². The minimum atomic E-state index is -1.75. The van der Waals surface area contributed by atoms with E-state index in [1.807, 2.05) is 6.92 Å². The van der Waals surface area contributed by atoms with Crippen molar-refractivity contribution in [2.45, 2.75) is 57.0 Å². The number of ketones is 3. The Morgan fingerprint density at radius 1 is 1.12 bits per heavy atom. The third kappa shape index (κ3) is 2.30. The summed E-state index contributed by atoms with van der Waals surface area (Å²) in [4.78, 5) is 39.1. The third-order valence-corrected chi connectivity index (χ3v) is 9.29. The summed E-state index contributed by atoms with van der Waals surface area (Å²) in [6.07, 6.45) is 3.41. The summed E-state index contributed by atoms with van der Waals surface area (Å²) in [5.41, 5.74) is -2.58. The van der Waals surface area contributed by atoms with Crippen LogP contribution in [0.25, 0.3) is 0 Å². The van der Waals surface area contributed by atoms with E-state index in [0.717, 1.165) is 5.57 Å². The van der Waals surface area contributed by atoms with Crippen LogP contribution in [0.1, 0.15) is 61.9 Å². The summed E-state index contributed by atoms with van der Waals surface area (Å²) in [7, 11) is 0. The van der Waals surface area contributed by atoms with Gasteiger partial charge in [-0.1, -0.05) is 19.4 Å². The summed E-state index contributed by atoms with van der Waals surface area (Å²) in [5.74, 6) is -2.33. The number of phenols is 2. The second-order valence-electron chi connectivity index (χ2n) is 10.4. The maximum atomic E-state index is 13.8. The first-order valence-corrected chi connectivity index (χ1v) is 11.2. The van der Waals surface area contributed by atoms with E-state index in [1.165, 1.54) is 18.2 Å². The molecule has 0 aromatic heterocycles. The Morgan fingerprint density at radius 3 is 2.50 bits per heavy atom. The number of aliphatic hydroxyl groups is 2. The number of Topliss-reactive ketones (excluding diaryl/α,β-unsaturated/α-hetero) is 2. The van der Waals surface area contributed by atoms with Gasteiger partial charge < -0.3 is 20.4 Å². The summed E-state index contributed by atoms with van der Waals surface area (Å²) in [6, 6.07) is 2.64. The van der Waals surface area contributed by atoms with Gasteiger partial charge in [0, 0.05) is 28.7 Å². The number of aliphatic hydroxyl groups excluding tert-OH is 1. The summed E-state index contributed by atoms with van der Waals surface area (Å²) in [6.45, 7) is 2.87. The first-order valence-electron chi connectivity index (χ1n) is 11.2. The lowest BCUT2D eigenvalue weighted by atomic mass is 9.45. The molecule has 0 bridgehead atoms. The Balaban J connectivity index is 1.68. The van der Waals surface area contributed by atoms with Crippen molar-refractivity contribution in [3.8, 4) is 11.5 Å². The summed E-state index contributed by atoms with van der Waals surface area (Å²) >= 11 is 0. The van der Waals surface area contributed by atoms with E-state index in [0.29, 0.717) is 24.8 Å². The Hall–Kier alpha value is -2.51. The molecule has 0 amide bonds. The van der Waals surface area contributed by atoms with Gasteiger partial charge in [0.2, 0.25) is 0 Å². The van der Waals surface area contributed by atoms with Crippen molar-refractivity contribution < 1.29 is 34.8 Å². The van der Waals surface area contributed by atoms with Gasteiger partial charge in [-0.25, -0.2) is 0 Å². The van der Waals surface area contributed by atoms with Crippen LogP contribution < -0.4 is 0 Å². The van der Waals surface area contributed by atoms with Crippen LogP contribution in [-0.2, 0) is 15.0 Å². The van der Waals surface area contributed by atoms with Crippen LogP contribution >= 0.6 is 0 Å². The van der Waals surface area contributed by atoms with E-state index < -0.39 is 34.7 Å². The van der Waals surface area contributed by atoms with Crippen LogP contribution in [0.15, 0.2) is 23.8 Å². The maximum absolute atomic E-state index is 13.8. The number of rotatable bonds is 2. The second-order valence-corrected chi connectivity index (χ2v) is 10.4. The molecule has 32 heavy (non-hydrogen) atoms. The Morgan fingerprint density at radius 2 is 1.81 bits per heavy atom. The zero-order valence-electron chi connectivity index (χ0n) is 18.2. The number of fused-ring (bicyclic) bond motifs is 7. The van der Waals surface area contributed by atoms with E-state index in [2.05, 4.69) is 0 Å². The number of allylic oxidation sites excluding steroid dienone is 2. The lowest BCUT2D eigenvalue weighted by molar-refractivity contribution is -0.168. The van der Waals surface area contributed by atoms with Gasteiger partial charge in [0.25, 0.3) is 0 Å². The Labute approximate surface area is 185 Å². The zero-order valence-corrected chi connectivity index (χ0v) is 18.2. The van der Waals surface area contributed by atoms with E-state index in [-0.39, 0.29) is 53.3 Å². The van der Waals surface area contributed by atoms with E-state index in [1.54, 1.807) is 6.92 Å². The molecule has 0 radical (unpaired) electrons.